The minimum absolute atomic E-state index is 0.150. The van der Waals surface area contributed by atoms with Gasteiger partial charge in [-0.15, -0.1) is 6.42 Å². The maximum atomic E-state index is 11.0. The molecule has 0 fully saturated rings. The van der Waals surface area contributed by atoms with Gasteiger partial charge in [0.2, 0.25) is 0 Å². The highest BCUT2D eigenvalue weighted by atomic mass is 79.9. The van der Waals surface area contributed by atoms with Gasteiger partial charge in [-0.25, -0.2) is 0 Å². The Morgan fingerprint density at radius 1 is 1.56 bits per heavy atom. The molecule has 18 heavy (non-hydrogen) atoms. The molecule has 5 heteroatoms. The first-order valence-corrected chi connectivity index (χ1v) is 6.09. The second-order valence-electron chi connectivity index (χ2n) is 3.42. The van der Waals surface area contributed by atoms with Crippen LogP contribution in [0.4, 0.5) is 0 Å². The molecule has 1 aromatic carbocycles. The van der Waals surface area contributed by atoms with Crippen LogP contribution in [0.5, 0.6) is 5.75 Å². The predicted octanol–water partition coefficient (Wildman–Crippen LogP) is 1.72. The SMILES string of the molecule is C#CCOc1ccc(Br)cc1CNCC(=O)OC. The number of halogens is 1. The number of hydrogen-bond donors (Lipinski definition) is 1. The lowest BCUT2D eigenvalue weighted by Crippen LogP contribution is -2.23. The quantitative estimate of drug-likeness (QED) is 0.642. The van der Waals surface area contributed by atoms with Crippen LogP contribution in [0, 0.1) is 12.3 Å². The number of carbonyl (C=O) groups excluding carboxylic acids is 1. The first kappa shape index (κ1) is 14.6. The van der Waals surface area contributed by atoms with Crippen LogP contribution in [0.2, 0.25) is 0 Å². The summed E-state index contributed by atoms with van der Waals surface area (Å²) in [5.74, 6) is 2.81. The highest BCUT2D eigenvalue weighted by Gasteiger charge is 2.06. The first-order valence-electron chi connectivity index (χ1n) is 5.29. The molecule has 0 unspecified atom stereocenters. The van der Waals surface area contributed by atoms with Gasteiger partial charge < -0.3 is 14.8 Å². The van der Waals surface area contributed by atoms with Gasteiger partial charge in [-0.2, -0.15) is 0 Å². The smallest absolute Gasteiger partial charge is 0.319 e. The molecule has 4 nitrogen and oxygen atoms in total. The van der Waals surface area contributed by atoms with Gasteiger partial charge in [-0.05, 0) is 18.2 Å². The molecule has 0 saturated carbocycles. The summed E-state index contributed by atoms with van der Waals surface area (Å²) >= 11 is 3.38. The highest BCUT2D eigenvalue weighted by Crippen LogP contribution is 2.23. The second-order valence-corrected chi connectivity index (χ2v) is 4.34. The molecule has 0 aliphatic rings. The van der Waals surface area contributed by atoms with Crippen LogP contribution in [0.3, 0.4) is 0 Å². The van der Waals surface area contributed by atoms with E-state index in [9.17, 15) is 4.79 Å². The summed E-state index contributed by atoms with van der Waals surface area (Å²) in [6.45, 7) is 0.859. The minimum atomic E-state index is -0.309. The van der Waals surface area contributed by atoms with Crippen molar-refractivity contribution in [2.75, 3.05) is 20.3 Å². The number of carbonyl (C=O) groups is 1. The Balaban J connectivity index is 2.64. The van der Waals surface area contributed by atoms with Crippen molar-refractivity contribution in [1.29, 1.82) is 0 Å². The second kappa shape index (κ2) is 7.75. The van der Waals surface area contributed by atoms with E-state index in [0.29, 0.717) is 12.3 Å². The average Bonchev–Trinajstić information content (AvgIpc) is 2.37. The number of esters is 1. The van der Waals surface area contributed by atoms with Crippen molar-refractivity contribution in [1.82, 2.24) is 5.32 Å². The van der Waals surface area contributed by atoms with Crippen LogP contribution in [-0.2, 0) is 16.1 Å². The summed E-state index contributed by atoms with van der Waals surface area (Å²) in [7, 11) is 1.35. The molecule has 0 atom stereocenters. The van der Waals surface area contributed by atoms with E-state index in [1.165, 1.54) is 7.11 Å². The number of terminal acetylenes is 1. The van der Waals surface area contributed by atoms with Crippen LogP contribution in [-0.4, -0.2) is 26.2 Å². The van der Waals surface area contributed by atoms with Crippen molar-refractivity contribution in [3.05, 3.63) is 28.2 Å². The van der Waals surface area contributed by atoms with Gasteiger partial charge in [0.1, 0.15) is 12.4 Å². The van der Waals surface area contributed by atoms with Gasteiger partial charge >= 0.3 is 5.97 Å². The monoisotopic (exact) mass is 311 g/mol. The fourth-order valence-electron chi connectivity index (χ4n) is 1.32. The molecular weight excluding hydrogens is 298 g/mol. The summed E-state index contributed by atoms with van der Waals surface area (Å²) in [6.07, 6.45) is 5.15. The van der Waals surface area contributed by atoms with Gasteiger partial charge in [0.15, 0.2) is 0 Å². The Morgan fingerprint density at radius 2 is 2.33 bits per heavy atom. The lowest BCUT2D eigenvalue weighted by atomic mass is 10.2. The molecule has 1 rings (SSSR count). The number of methoxy groups -OCH3 is 1. The fraction of sp³-hybridized carbons (Fsp3) is 0.308. The molecule has 0 spiro atoms. The standard InChI is InChI=1S/C13H14BrNO3/c1-3-6-18-12-5-4-11(14)7-10(12)8-15-9-13(16)17-2/h1,4-5,7,15H,6,8-9H2,2H3. The zero-order valence-electron chi connectivity index (χ0n) is 10.0. The molecule has 0 radical (unpaired) electrons. The van der Waals surface area contributed by atoms with Crippen molar-refractivity contribution >= 4 is 21.9 Å². The molecular formula is C13H14BrNO3. The van der Waals surface area contributed by atoms with Crippen molar-refractivity contribution in [3.8, 4) is 18.1 Å². The number of benzene rings is 1. The lowest BCUT2D eigenvalue weighted by Gasteiger charge is -2.10. The maximum Gasteiger partial charge on any atom is 0.319 e. The van der Waals surface area contributed by atoms with E-state index in [1.807, 2.05) is 18.2 Å². The van der Waals surface area contributed by atoms with Crippen molar-refractivity contribution in [2.24, 2.45) is 0 Å². The van der Waals surface area contributed by atoms with E-state index in [-0.39, 0.29) is 19.1 Å². The number of nitrogens with one attached hydrogen (secondary N) is 1. The molecule has 0 aromatic heterocycles. The Bertz CT molecular complexity index is 454. The molecule has 0 saturated heterocycles. The highest BCUT2D eigenvalue weighted by molar-refractivity contribution is 9.10. The summed E-state index contributed by atoms with van der Waals surface area (Å²) < 4.78 is 10.9. The number of ether oxygens (including phenoxy) is 2. The Hall–Kier alpha value is -1.51. The molecule has 96 valence electrons. The van der Waals surface area contributed by atoms with Gasteiger partial charge in [0.05, 0.1) is 13.7 Å². The molecule has 1 aromatic rings. The Morgan fingerprint density at radius 3 is 3.00 bits per heavy atom. The lowest BCUT2D eigenvalue weighted by molar-refractivity contribution is -0.139. The van der Waals surface area contributed by atoms with E-state index in [4.69, 9.17) is 11.2 Å². The van der Waals surface area contributed by atoms with Gasteiger partial charge in [0, 0.05) is 16.6 Å². The largest absolute Gasteiger partial charge is 0.481 e. The molecule has 0 amide bonds. The van der Waals surface area contributed by atoms with Crippen molar-refractivity contribution in [3.63, 3.8) is 0 Å². The fourth-order valence-corrected chi connectivity index (χ4v) is 1.73. The summed E-state index contributed by atoms with van der Waals surface area (Å²) in [4.78, 5) is 11.0. The van der Waals surface area contributed by atoms with E-state index < -0.39 is 0 Å². The Labute approximate surface area is 115 Å². The normalized spacial score (nSPS) is 9.61. The zero-order chi connectivity index (χ0) is 13.4. The zero-order valence-corrected chi connectivity index (χ0v) is 11.6. The summed E-state index contributed by atoms with van der Waals surface area (Å²) in [5, 5.41) is 2.97. The van der Waals surface area contributed by atoms with E-state index in [2.05, 4.69) is 31.9 Å². The van der Waals surface area contributed by atoms with Gasteiger partial charge in [-0.3, -0.25) is 4.79 Å². The van der Waals surface area contributed by atoms with E-state index in [0.717, 1.165) is 10.0 Å². The van der Waals surface area contributed by atoms with Gasteiger partial charge in [0.25, 0.3) is 0 Å². The molecule has 1 N–H and O–H groups in total. The van der Waals surface area contributed by atoms with Crippen molar-refractivity contribution in [2.45, 2.75) is 6.54 Å². The molecule has 0 aliphatic carbocycles. The maximum absolute atomic E-state index is 11.0. The van der Waals surface area contributed by atoms with Gasteiger partial charge in [-0.1, -0.05) is 21.9 Å². The average molecular weight is 312 g/mol. The summed E-state index contributed by atoms with van der Waals surface area (Å²) in [6, 6.07) is 5.61. The summed E-state index contributed by atoms with van der Waals surface area (Å²) in [5.41, 5.74) is 0.920. The van der Waals surface area contributed by atoms with Crippen molar-refractivity contribution < 1.29 is 14.3 Å². The predicted molar refractivity (Wildman–Crippen MR) is 72.2 cm³/mol. The minimum Gasteiger partial charge on any atom is -0.481 e. The van der Waals surface area contributed by atoms with Crippen LogP contribution in [0.15, 0.2) is 22.7 Å². The van der Waals surface area contributed by atoms with Crippen LogP contribution >= 0.6 is 15.9 Å². The van der Waals surface area contributed by atoms with E-state index in [1.54, 1.807) is 0 Å². The number of rotatable bonds is 6. The van der Waals surface area contributed by atoms with Crippen LogP contribution < -0.4 is 10.1 Å². The molecule has 0 bridgehead atoms. The van der Waals surface area contributed by atoms with E-state index >= 15 is 0 Å². The molecule has 0 aliphatic heterocycles. The third-order valence-corrected chi connectivity index (χ3v) is 2.64. The van der Waals surface area contributed by atoms with Crippen LogP contribution in [0.25, 0.3) is 0 Å². The molecule has 0 heterocycles. The van der Waals surface area contributed by atoms with Crippen LogP contribution in [0.1, 0.15) is 5.56 Å². The third kappa shape index (κ3) is 4.78. The Kier molecular flexibility index (Phi) is 6.26. The first-order chi connectivity index (χ1) is 8.67. The number of hydrogen-bond acceptors (Lipinski definition) is 4. The third-order valence-electron chi connectivity index (χ3n) is 2.15. The topological polar surface area (TPSA) is 47.6 Å².